The smallest absolute Gasteiger partial charge is 0.451 e. The quantitative estimate of drug-likeness (QED) is 0.267. The zero-order valence-corrected chi connectivity index (χ0v) is 17.5. The minimum absolute atomic E-state index is 0. The van der Waals surface area contributed by atoms with Gasteiger partial charge in [-0.1, -0.05) is 6.42 Å². The molecule has 1 amide bonds. The molecule has 2 heterocycles. The number of halogens is 3. The minimum atomic E-state index is -1.57. The molecule has 10 nitrogen and oxygen atoms in total. The van der Waals surface area contributed by atoms with Crippen LogP contribution in [0.5, 0.6) is 0 Å². The summed E-state index contributed by atoms with van der Waals surface area (Å²) < 4.78 is 0. The van der Waals surface area contributed by atoms with Crippen molar-refractivity contribution in [3.8, 4) is 0 Å². The summed E-state index contributed by atoms with van der Waals surface area (Å²) >= 11 is 0. The van der Waals surface area contributed by atoms with E-state index in [1.165, 1.54) is 11.2 Å². The summed E-state index contributed by atoms with van der Waals surface area (Å²) in [6.45, 7) is 0.0595. The van der Waals surface area contributed by atoms with Crippen molar-refractivity contribution < 1.29 is 24.7 Å². The molecule has 1 aliphatic heterocycles. The fourth-order valence-corrected chi connectivity index (χ4v) is 3.20. The Hall–Kier alpha value is -1.08. The normalized spacial score (nSPS) is 21.7. The topological polar surface area (TPSA) is 179 Å². The fourth-order valence-electron chi connectivity index (χ4n) is 3.20. The summed E-state index contributed by atoms with van der Waals surface area (Å²) in [6, 6.07) is -0.823. The van der Waals surface area contributed by atoms with E-state index >= 15 is 0 Å². The highest BCUT2D eigenvalue weighted by Crippen LogP contribution is 2.31. The maximum atomic E-state index is 12.5. The lowest BCUT2D eigenvalue weighted by atomic mass is 9.78. The largest absolute Gasteiger partial charge is 0.480 e. The van der Waals surface area contributed by atoms with Gasteiger partial charge in [-0.05, 0) is 12.7 Å². The molecule has 0 unspecified atom stereocenters. The first-order valence-electron chi connectivity index (χ1n) is 8.14. The van der Waals surface area contributed by atoms with Crippen LogP contribution < -0.4 is 11.5 Å². The van der Waals surface area contributed by atoms with Crippen molar-refractivity contribution in [2.75, 3.05) is 13.1 Å². The van der Waals surface area contributed by atoms with Gasteiger partial charge in [0.1, 0.15) is 5.54 Å². The zero-order valence-electron chi connectivity index (χ0n) is 15.1. The fraction of sp³-hybridized carbons (Fsp3) is 0.643. The third-order valence-electron chi connectivity index (χ3n) is 4.66. The third-order valence-corrected chi connectivity index (χ3v) is 4.66. The molecular weight excluding hydrogens is 435 g/mol. The molecule has 1 fully saturated rings. The molecule has 0 aromatic carbocycles. The molecule has 2 rings (SSSR count). The van der Waals surface area contributed by atoms with Crippen LogP contribution in [0, 0.1) is 5.92 Å². The molecular formula is C14H27BCl3N5O5. The number of hydrogen-bond donors (Lipinski definition) is 6. The Morgan fingerprint density at radius 2 is 2.04 bits per heavy atom. The summed E-state index contributed by atoms with van der Waals surface area (Å²) in [7, 11) is -1.45. The van der Waals surface area contributed by atoms with Crippen molar-refractivity contribution >= 4 is 56.2 Å². The molecule has 1 aromatic heterocycles. The molecule has 0 spiro atoms. The molecule has 28 heavy (non-hydrogen) atoms. The van der Waals surface area contributed by atoms with Gasteiger partial charge in [-0.15, -0.1) is 37.2 Å². The molecule has 1 aromatic rings. The van der Waals surface area contributed by atoms with Crippen LogP contribution in [0.2, 0.25) is 6.32 Å². The summed E-state index contributed by atoms with van der Waals surface area (Å²) in [5.74, 6) is -2.03. The summed E-state index contributed by atoms with van der Waals surface area (Å²) in [5, 5.41) is 27.3. The number of nitrogens with zero attached hydrogens (tertiary/aromatic N) is 2. The highest BCUT2D eigenvalue weighted by molar-refractivity contribution is 6.40. The first-order chi connectivity index (χ1) is 11.7. The molecule has 14 heteroatoms. The first-order valence-corrected chi connectivity index (χ1v) is 8.14. The van der Waals surface area contributed by atoms with Crippen LogP contribution in [0.15, 0.2) is 12.5 Å². The monoisotopic (exact) mass is 461 g/mol. The summed E-state index contributed by atoms with van der Waals surface area (Å²) in [6.07, 6.45) is 4.23. The number of aliphatic carboxylic acids is 1. The first kappa shape index (κ1) is 29.1. The Morgan fingerprint density at radius 1 is 1.39 bits per heavy atom. The number of H-pyrrole nitrogens is 1. The molecule has 0 saturated carbocycles. The molecule has 1 aliphatic rings. The second-order valence-corrected chi connectivity index (χ2v) is 6.56. The number of amides is 1. The minimum Gasteiger partial charge on any atom is -0.480 e. The summed E-state index contributed by atoms with van der Waals surface area (Å²) in [4.78, 5) is 32.3. The SMILES string of the molecule is Cl.Cl.Cl.N[C@@H](Cc1cnc[nH]1)C(=O)N1C[C@@H](CCCB(O)O)[C@@](N)(C(=O)O)C1. The van der Waals surface area contributed by atoms with Gasteiger partial charge in [0.2, 0.25) is 5.91 Å². The number of carboxylic acid groups (broad SMARTS) is 1. The number of likely N-dealkylation sites (tertiary alicyclic amines) is 1. The maximum absolute atomic E-state index is 12.5. The molecule has 0 bridgehead atoms. The van der Waals surface area contributed by atoms with Crippen molar-refractivity contribution in [1.82, 2.24) is 14.9 Å². The van der Waals surface area contributed by atoms with Crippen LogP contribution in [0.4, 0.5) is 0 Å². The lowest BCUT2D eigenvalue weighted by molar-refractivity contribution is -0.144. The number of nitrogens with one attached hydrogen (secondary N) is 1. The van der Waals surface area contributed by atoms with Crippen LogP contribution in [-0.2, 0) is 16.0 Å². The van der Waals surface area contributed by atoms with Gasteiger partial charge in [0.25, 0.3) is 0 Å². The number of aromatic amines is 1. The molecule has 8 N–H and O–H groups in total. The number of aromatic nitrogens is 2. The lowest BCUT2D eigenvalue weighted by Crippen LogP contribution is -2.55. The van der Waals surface area contributed by atoms with E-state index < -0.39 is 30.6 Å². The van der Waals surface area contributed by atoms with Crippen molar-refractivity contribution in [2.45, 2.75) is 37.2 Å². The summed E-state index contributed by atoms with van der Waals surface area (Å²) in [5.41, 5.74) is 11.1. The van der Waals surface area contributed by atoms with Gasteiger partial charge in [0.05, 0.1) is 12.4 Å². The second kappa shape index (κ2) is 12.5. The molecule has 3 atom stereocenters. The second-order valence-electron chi connectivity index (χ2n) is 6.56. The van der Waals surface area contributed by atoms with Gasteiger partial charge < -0.3 is 36.5 Å². The standard InChI is InChI=1S/C14H24BN5O5.3ClH/c16-11(4-10-5-18-8-19-10)12(21)20-6-9(2-1-3-15(24)25)14(17,7-20)13(22)23;;;/h5,8-9,11,24-25H,1-4,6-7,16-17H2,(H,18,19)(H,22,23);3*1H/t9-,11+,14-;;;/m1.../s1. The average Bonchev–Trinajstić information content (AvgIpc) is 3.15. The van der Waals surface area contributed by atoms with E-state index in [2.05, 4.69) is 9.97 Å². The van der Waals surface area contributed by atoms with E-state index in [-0.39, 0.29) is 69.0 Å². The van der Waals surface area contributed by atoms with Gasteiger partial charge in [-0.2, -0.15) is 0 Å². The van der Waals surface area contributed by atoms with Crippen molar-refractivity contribution in [3.05, 3.63) is 18.2 Å². The van der Waals surface area contributed by atoms with Crippen LogP contribution in [0.3, 0.4) is 0 Å². The Kier molecular flexibility index (Phi) is 13.0. The highest BCUT2D eigenvalue weighted by atomic mass is 35.5. The lowest BCUT2D eigenvalue weighted by Gasteiger charge is -2.25. The Morgan fingerprint density at radius 3 is 2.54 bits per heavy atom. The van der Waals surface area contributed by atoms with Crippen LogP contribution in [-0.4, -0.2) is 73.7 Å². The van der Waals surface area contributed by atoms with E-state index in [9.17, 15) is 14.7 Å². The Bertz CT molecular complexity index is 612. The van der Waals surface area contributed by atoms with Gasteiger partial charge in [0.15, 0.2) is 0 Å². The Labute approximate surface area is 181 Å². The van der Waals surface area contributed by atoms with Gasteiger partial charge in [-0.3, -0.25) is 9.59 Å². The van der Waals surface area contributed by atoms with E-state index in [1.807, 2.05) is 0 Å². The molecule has 0 radical (unpaired) electrons. The van der Waals surface area contributed by atoms with Crippen LogP contribution in [0.25, 0.3) is 0 Å². The van der Waals surface area contributed by atoms with Crippen molar-refractivity contribution in [1.29, 1.82) is 0 Å². The van der Waals surface area contributed by atoms with E-state index in [4.69, 9.17) is 21.5 Å². The van der Waals surface area contributed by atoms with Gasteiger partial charge >= 0.3 is 13.1 Å². The number of rotatable bonds is 8. The Balaban J connectivity index is 0. The van der Waals surface area contributed by atoms with Gasteiger partial charge in [0, 0.05) is 37.3 Å². The number of carboxylic acids is 1. The number of carbonyl (C=O) groups is 2. The number of carbonyl (C=O) groups excluding carboxylic acids is 1. The number of imidazole rings is 1. The van der Waals surface area contributed by atoms with Crippen molar-refractivity contribution in [3.63, 3.8) is 0 Å². The van der Waals surface area contributed by atoms with Crippen LogP contribution in [0.1, 0.15) is 18.5 Å². The van der Waals surface area contributed by atoms with Gasteiger partial charge in [-0.25, -0.2) is 4.98 Å². The molecule has 162 valence electrons. The predicted molar refractivity (Wildman–Crippen MR) is 111 cm³/mol. The van der Waals surface area contributed by atoms with E-state index in [0.29, 0.717) is 18.5 Å². The van der Waals surface area contributed by atoms with Crippen molar-refractivity contribution in [2.24, 2.45) is 17.4 Å². The zero-order chi connectivity index (χ0) is 18.6. The average molecular weight is 463 g/mol. The highest BCUT2D eigenvalue weighted by Gasteiger charge is 2.50. The van der Waals surface area contributed by atoms with Crippen LogP contribution >= 0.6 is 37.2 Å². The van der Waals surface area contributed by atoms with E-state index in [0.717, 1.165) is 0 Å². The maximum Gasteiger partial charge on any atom is 0.451 e. The number of nitrogens with two attached hydrogens (primary N) is 2. The van der Waals surface area contributed by atoms with E-state index in [1.54, 1.807) is 6.20 Å². The number of hydrogen-bond acceptors (Lipinski definition) is 7. The predicted octanol–water partition coefficient (Wildman–Crippen LogP) is -0.962. The third kappa shape index (κ3) is 7.07. The molecule has 1 saturated heterocycles. The molecule has 0 aliphatic carbocycles.